The molecule has 6 aromatic rings. The van der Waals surface area contributed by atoms with Gasteiger partial charge in [-0.2, -0.15) is 0 Å². The second kappa shape index (κ2) is 89.4. The first-order valence-electron chi connectivity index (χ1n) is 45.5. The van der Waals surface area contributed by atoms with Crippen LogP contribution in [0.1, 0.15) is 406 Å². The lowest BCUT2D eigenvalue weighted by atomic mass is 9.86. The summed E-state index contributed by atoms with van der Waals surface area (Å²) in [6.45, 7) is 73.4. The molecule has 0 aliphatic heterocycles. The Morgan fingerprint density at radius 3 is 0.832 bits per heavy atom. The molecule has 6 rings (SSSR count). The summed E-state index contributed by atoms with van der Waals surface area (Å²) in [5.74, 6) is 1.61. The molecular formula is C105H188N2O6. The Balaban J connectivity index is -0.000000181. The van der Waals surface area contributed by atoms with Crippen molar-refractivity contribution >= 4 is 17.9 Å². The average molecular weight is 1570 g/mol. The highest BCUT2D eigenvalue weighted by Crippen LogP contribution is 2.25. The molecule has 0 heterocycles. The zero-order valence-electron chi connectivity index (χ0n) is 81.0. The van der Waals surface area contributed by atoms with Crippen molar-refractivity contribution in [1.29, 1.82) is 0 Å². The molecule has 6 aromatic carbocycles. The maximum atomic E-state index is 11.5. The largest absolute Gasteiger partial charge is 0.494 e. The molecule has 8 heteroatoms. The van der Waals surface area contributed by atoms with E-state index < -0.39 is 23.4 Å². The van der Waals surface area contributed by atoms with Gasteiger partial charge in [0.1, 0.15) is 22.7 Å². The van der Waals surface area contributed by atoms with Crippen molar-refractivity contribution in [2.75, 3.05) is 18.5 Å². The first kappa shape index (κ1) is 122. The molecule has 0 fully saturated rings. The standard InChI is InChI=1S/C14H21NO3.C13H19NO3.C11H16.2C10H14.C9H12.C8H18.C7H16.C6H14.C5H12.C4H10.2C3H8.C2H6/c1-5-17-12-8-6-11(7-9-12)10-15-13(16)18-14(2,3)4;1-5-16-11-8-6-10(7-9-11)14-12(15)17-13(2,3)4;1-3-5-11-8-6-10(4-2)7-9-11;1-3-4-10-7-5-9(2)6-8-10;1-3-9-5-7-10(4-2)8-6-9;1-3-9-6-4-8(2)5-7-9;1-5-7-8(3,4)6-2;1-3-5-7-6-4-2;1-3-5-6-4-2;1-3-5-4-2;1-3-4-2;2*1-3-2;1-2/h6-9H,5,10H2,1-4H3,(H,15,16);6-9H,5H2,1-4H3,(H,14,15);6-9H,3-5H2,1-2H3;2*5-8H,3-4H2,1-2H3;4-7H,3H2,1-2H3;5-7H2,1-4H3;3-7H2,1-2H3;3-6H2,1-2H3;3-5H2,1-2H3;3-4H2,1-2H3;2*3H2,1-2H3;1-2H3. The molecule has 2 N–H and O–H groups in total. The van der Waals surface area contributed by atoms with Crippen LogP contribution in [0.3, 0.4) is 0 Å². The number of aryl methyl sites for hydroxylation is 8. The molecule has 0 atom stereocenters. The van der Waals surface area contributed by atoms with E-state index in [0.29, 0.717) is 30.9 Å². The van der Waals surface area contributed by atoms with Gasteiger partial charge in [0.25, 0.3) is 0 Å². The highest BCUT2D eigenvalue weighted by Gasteiger charge is 2.17. The van der Waals surface area contributed by atoms with E-state index in [0.717, 1.165) is 42.7 Å². The SMILES string of the molecule is CC.CCC.CCC.CCCC.CCCC(C)(C)CC.CCCCC.CCCCCC.CCCCCCC.CCCc1ccc(C)cc1.CCCc1ccc(CC)cc1.CCOc1ccc(CNC(=O)OC(C)(C)C)cc1.CCOc1ccc(NC(=O)OC(C)(C)C)cc1.CCc1ccc(C)cc1.CCc1ccc(CC)cc1. The van der Waals surface area contributed by atoms with Crippen molar-refractivity contribution in [2.45, 2.75) is 427 Å². The number of nitrogens with one attached hydrogen (secondary N) is 2. The Morgan fingerprint density at radius 1 is 0.310 bits per heavy atom. The number of anilines is 1. The maximum absolute atomic E-state index is 11.5. The number of hydrogen-bond donors (Lipinski definition) is 2. The third kappa shape index (κ3) is 94.2. The van der Waals surface area contributed by atoms with Gasteiger partial charge in [-0.1, -0.05) is 415 Å². The van der Waals surface area contributed by atoms with E-state index in [1.54, 1.807) is 24.3 Å². The quantitative estimate of drug-likeness (QED) is 0.0475. The van der Waals surface area contributed by atoms with Crippen molar-refractivity contribution in [3.05, 3.63) is 196 Å². The van der Waals surface area contributed by atoms with E-state index >= 15 is 0 Å². The van der Waals surface area contributed by atoms with Gasteiger partial charge in [0.15, 0.2) is 0 Å². The van der Waals surface area contributed by atoms with Gasteiger partial charge in [0, 0.05) is 12.2 Å². The molecule has 0 unspecified atom stereocenters. The van der Waals surface area contributed by atoms with Crippen molar-refractivity contribution in [3.63, 3.8) is 0 Å². The van der Waals surface area contributed by atoms with E-state index in [-0.39, 0.29) is 0 Å². The predicted molar refractivity (Wildman–Crippen MR) is 511 cm³/mol. The van der Waals surface area contributed by atoms with Crippen LogP contribution in [0.25, 0.3) is 0 Å². The number of benzene rings is 6. The fraction of sp³-hybridized carbons (Fsp3) is 0.638. The van der Waals surface area contributed by atoms with Crippen molar-refractivity contribution in [3.8, 4) is 11.5 Å². The number of ether oxygens (including phenoxy) is 4. The third-order valence-electron chi connectivity index (χ3n) is 16.1. The third-order valence-corrected chi connectivity index (χ3v) is 16.1. The highest BCUT2D eigenvalue weighted by atomic mass is 16.6. The molecule has 2 amide bonds. The minimum Gasteiger partial charge on any atom is -0.494 e. The maximum Gasteiger partial charge on any atom is 0.412 e. The summed E-state index contributed by atoms with van der Waals surface area (Å²) in [7, 11) is 0. The van der Waals surface area contributed by atoms with Crippen molar-refractivity contribution in [1.82, 2.24) is 5.32 Å². The number of hydrogen-bond acceptors (Lipinski definition) is 6. The van der Waals surface area contributed by atoms with Crippen LogP contribution < -0.4 is 20.1 Å². The van der Waals surface area contributed by atoms with Gasteiger partial charge in [-0.05, 0) is 195 Å². The summed E-state index contributed by atoms with van der Waals surface area (Å²) in [4.78, 5) is 22.9. The van der Waals surface area contributed by atoms with E-state index in [4.69, 9.17) is 18.9 Å². The van der Waals surface area contributed by atoms with Crippen LogP contribution in [0.15, 0.2) is 146 Å². The summed E-state index contributed by atoms with van der Waals surface area (Å²) >= 11 is 0. The summed E-state index contributed by atoms with van der Waals surface area (Å²) in [6.07, 6.45) is 34.4. The lowest BCUT2D eigenvalue weighted by Crippen LogP contribution is -2.32. The molecule has 0 saturated heterocycles. The number of carbonyl (C=O) groups is 2. The summed E-state index contributed by atoms with van der Waals surface area (Å²) in [6, 6.07) is 49.9. The van der Waals surface area contributed by atoms with Gasteiger partial charge in [-0.15, -0.1) is 0 Å². The molecule has 0 radical (unpaired) electrons. The van der Waals surface area contributed by atoms with Gasteiger partial charge < -0.3 is 24.3 Å². The summed E-state index contributed by atoms with van der Waals surface area (Å²) in [5.41, 5.74) is 12.6. The molecule has 0 aliphatic carbocycles. The molecule has 8 nitrogen and oxygen atoms in total. The number of alkyl carbamates (subject to hydrolysis) is 1. The van der Waals surface area contributed by atoms with E-state index in [1.807, 2.05) is 93.5 Å². The molecule has 113 heavy (non-hydrogen) atoms. The fourth-order valence-corrected chi connectivity index (χ4v) is 9.07. The van der Waals surface area contributed by atoms with E-state index in [9.17, 15) is 9.59 Å². The second-order valence-corrected chi connectivity index (χ2v) is 30.8. The first-order valence-corrected chi connectivity index (χ1v) is 45.5. The lowest BCUT2D eigenvalue weighted by Gasteiger charge is -2.20. The van der Waals surface area contributed by atoms with Gasteiger partial charge in [0.05, 0.1) is 13.2 Å². The van der Waals surface area contributed by atoms with Gasteiger partial charge in [-0.25, -0.2) is 9.59 Å². The summed E-state index contributed by atoms with van der Waals surface area (Å²) < 4.78 is 20.9. The highest BCUT2D eigenvalue weighted by molar-refractivity contribution is 5.84. The smallest absolute Gasteiger partial charge is 0.412 e. The van der Waals surface area contributed by atoms with Crippen LogP contribution in [0, 0.1) is 19.3 Å². The predicted octanol–water partition coefficient (Wildman–Crippen LogP) is 34.7. The molecule has 0 bridgehead atoms. The van der Waals surface area contributed by atoms with Gasteiger partial charge in [-0.3, -0.25) is 5.32 Å². The number of amides is 2. The van der Waals surface area contributed by atoms with Crippen LogP contribution >= 0.6 is 0 Å². The molecule has 0 aromatic heterocycles. The molecule has 0 aliphatic rings. The zero-order chi connectivity index (χ0) is 88.0. The minimum atomic E-state index is -0.491. The molecular weight excluding hydrogens is 1390 g/mol. The second-order valence-electron chi connectivity index (χ2n) is 30.8. The minimum absolute atomic E-state index is 0.406. The Morgan fingerprint density at radius 2 is 0.584 bits per heavy atom. The van der Waals surface area contributed by atoms with E-state index in [2.05, 4.69) is 274 Å². The van der Waals surface area contributed by atoms with Crippen LogP contribution in [0.5, 0.6) is 11.5 Å². The van der Waals surface area contributed by atoms with E-state index in [1.165, 1.54) is 192 Å². The van der Waals surface area contributed by atoms with Crippen LogP contribution in [0.2, 0.25) is 0 Å². The van der Waals surface area contributed by atoms with Crippen LogP contribution in [-0.4, -0.2) is 36.6 Å². The fourth-order valence-electron chi connectivity index (χ4n) is 9.07. The Kier molecular flexibility index (Phi) is 96.6. The monoisotopic (exact) mass is 1570 g/mol. The summed E-state index contributed by atoms with van der Waals surface area (Å²) in [5, 5.41) is 5.36. The normalized spacial score (nSPS) is 9.75. The number of rotatable bonds is 28. The topological polar surface area (TPSA) is 95.1 Å². The first-order chi connectivity index (χ1) is 53.8. The lowest BCUT2D eigenvalue weighted by molar-refractivity contribution is 0.0522. The van der Waals surface area contributed by atoms with Gasteiger partial charge in [0.2, 0.25) is 0 Å². The molecule has 654 valence electrons. The van der Waals surface area contributed by atoms with Gasteiger partial charge >= 0.3 is 12.2 Å². The Bertz CT molecular complexity index is 2770. The molecule has 0 saturated carbocycles. The Labute approximate surface area is 705 Å². The zero-order valence-corrected chi connectivity index (χ0v) is 81.0. The average Bonchev–Trinajstić information content (AvgIpc) is 0.894. The Hall–Kier alpha value is -6.54. The van der Waals surface area contributed by atoms with Crippen LogP contribution in [0.4, 0.5) is 15.3 Å². The van der Waals surface area contributed by atoms with Crippen LogP contribution in [-0.2, 0) is 54.5 Å². The van der Waals surface area contributed by atoms with Crippen molar-refractivity contribution < 1.29 is 28.5 Å². The molecule has 0 spiro atoms. The van der Waals surface area contributed by atoms with Crippen molar-refractivity contribution in [2.24, 2.45) is 5.41 Å². The number of unbranched alkanes of at least 4 members (excludes halogenated alkanes) is 10. The number of carbonyl (C=O) groups excluding carboxylic acids is 2.